The highest BCUT2D eigenvalue weighted by molar-refractivity contribution is 7.92. The molecule has 0 aliphatic rings. The molecule has 1 amide bonds. The van der Waals surface area contributed by atoms with Crippen molar-refractivity contribution in [3.05, 3.63) is 42.4 Å². The maximum absolute atomic E-state index is 12.1. The predicted octanol–water partition coefficient (Wildman–Crippen LogP) is -0.0415. The first-order valence-corrected chi connectivity index (χ1v) is 6.86. The van der Waals surface area contributed by atoms with E-state index < -0.39 is 15.9 Å². The number of rotatable bonds is 4. The number of carbonyl (C=O) groups excluding carboxylic acids is 1. The van der Waals surface area contributed by atoms with Gasteiger partial charge in [-0.2, -0.15) is 0 Å². The number of benzene rings is 1. The number of sulfonamides is 1. The van der Waals surface area contributed by atoms with Gasteiger partial charge in [0, 0.05) is 18.0 Å². The van der Waals surface area contributed by atoms with Crippen molar-refractivity contribution in [1.29, 1.82) is 0 Å². The van der Waals surface area contributed by atoms with Crippen LogP contribution in [0.3, 0.4) is 0 Å². The van der Waals surface area contributed by atoms with E-state index in [4.69, 9.17) is 11.5 Å². The zero-order valence-electron chi connectivity index (χ0n) is 10.1. The number of aromatic nitrogens is 2. The summed E-state index contributed by atoms with van der Waals surface area (Å²) >= 11 is 0. The third kappa shape index (κ3) is 2.83. The summed E-state index contributed by atoms with van der Waals surface area (Å²) in [5.41, 5.74) is 10.8. The molecule has 1 aromatic heterocycles. The molecule has 8 nitrogen and oxygen atoms in total. The molecule has 0 saturated carbocycles. The molecule has 1 heterocycles. The SMILES string of the molecule is NC(=O)c1ccc(S(=O)(=O)Nc2cnccn2)c(N)c1. The monoisotopic (exact) mass is 293 g/mol. The summed E-state index contributed by atoms with van der Waals surface area (Å²) < 4.78 is 26.5. The second-order valence-electron chi connectivity index (χ2n) is 3.81. The lowest BCUT2D eigenvalue weighted by Gasteiger charge is -2.09. The van der Waals surface area contributed by atoms with E-state index in [0.717, 1.165) is 0 Å². The van der Waals surface area contributed by atoms with Gasteiger partial charge in [0.05, 0.1) is 11.9 Å². The van der Waals surface area contributed by atoms with Crippen LogP contribution in [0.5, 0.6) is 0 Å². The van der Waals surface area contributed by atoms with Gasteiger partial charge in [-0.25, -0.2) is 13.4 Å². The number of amides is 1. The quantitative estimate of drug-likeness (QED) is 0.675. The molecule has 20 heavy (non-hydrogen) atoms. The van der Waals surface area contributed by atoms with Gasteiger partial charge >= 0.3 is 0 Å². The molecule has 0 aliphatic carbocycles. The van der Waals surface area contributed by atoms with Crippen molar-refractivity contribution in [3.8, 4) is 0 Å². The van der Waals surface area contributed by atoms with Crippen LogP contribution in [-0.4, -0.2) is 24.3 Å². The average molecular weight is 293 g/mol. The summed E-state index contributed by atoms with van der Waals surface area (Å²) in [4.78, 5) is 18.4. The van der Waals surface area contributed by atoms with Gasteiger partial charge in [-0.05, 0) is 18.2 Å². The highest BCUT2D eigenvalue weighted by Gasteiger charge is 2.19. The van der Waals surface area contributed by atoms with Gasteiger partial charge in [-0.3, -0.25) is 14.5 Å². The minimum atomic E-state index is -3.92. The number of nitrogens with two attached hydrogens (primary N) is 2. The average Bonchev–Trinajstić information content (AvgIpc) is 2.38. The summed E-state index contributed by atoms with van der Waals surface area (Å²) in [6.07, 6.45) is 4.01. The molecule has 2 rings (SSSR count). The van der Waals surface area contributed by atoms with Crippen LogP contribution in [0, 0.1) is 0 Å². The van der Waals surface area contributed by atoms with Crippen molar-refractivity contribution < 1.29 is 13.2 Å². The summed E-state index contributed by atoms with van der Waals surface area (Å²) in [6.45, 7) is 0. The Morgan fingerprint density at radius 3 is 2.55 bits per heavy atom. The largest absolute Gasteiger partial charge is 0.398 e. The van der Waals surface area contributed by atoms with Crippen LogP contribution in [-0.2, 0) is 10.0 Å². The van der Waals surface area contributed by atoms with Crippen LogP contribution in [0.1, 0.15) is 10.4 Å². The van der Waals surface area contributed by atoms with Gasteiger partial charge in [0.2, 0.25) is 5.91 Å². The normalized spacial score (nSPS) is 11.0. The zero-order valence-corrected chi connectivity index (χ0v) is 11.0. The highest BCUT2D eigenvalue weighted by Crippen LogP contribution is 2.21. The molecule has 0 unspecified atom stereocenters. The van der Waals surface area contributed by atoms with E-state index in [2.05, 4.69) is 14.7 Å². The molecule has 2 aromatic rings. The molecule has 9 heteroatoms. The van der Waals surface area contributed by atoms with Crippen LogP contribution in [0.4, 0.5) is 11.5 Å². The Morgan fingerprint density at radius 1 is 1.25 bits per heavy atom. The minimum Gasteiger partial charge on any atom is -0.398 e. The molecule has 0 fully saturated rings. The summed E-state index contributed by atoms with van der Waals surface area (Å²) in [5, 5.41) is 0. The Bertz CT molecular complexity index is 746. The van der Waals surface area contributed by atoms with E-state index in [1.807, 2.05) is 0 Å². The molecular formula is C11H11N5O3S. The van der Waals surface area contributed by atoms with Crippen LogP contribution >= 0.6 is 0 Å². The Balaban J connectivity index is 2.37. The lowest BCUT2D eigenvalue weighted by Crippen LogP contribution is -2.17. The third-order valence-electron chi connectivity index (χ3n) is 2.39. The first kappa shape index (κ1) is 13.7. The van der Waals surface area contributed by atoms with E-state index in [-0.39, 0.29) is 22.0 Å². The minimum absolute atomic E-state index is 0.0610. The molecule has 1 aromatic carbocycles. The van der Waals surface area contributed by atoms with Crippen molar-refractivity contribution in [1.82, 2.24) is 9.97 Å². The van der Waals surface area contributed by atoms with E-state index in [0.29, 0.717) is 0 Å². The molecular weight excluding hydrogens is 282 g/mol. The van der Waals surface area contributed by atoms with Gasteiger partial charge in [0.15, 0.2) is 5.82 Å². The van der Waals surface area contributed by atoms with E-state index in [1.165, 1.54) is 36.8 Å². The number of carbonyl (C=O) groups is 1. The third-order valence-corrected chi connectivity index (χ3v) is 3.81. The lowest BCUT2D eigenvalue weighted by molar-refractivity contribution is 0.1000. The van der Waals surface area contributed by atoms with Crippen molar-refractivity contribution in [2.45, 2.75) is 4.90 Å². The maximum Gasteiger partial charge on any atom is 0.265 e. The van der Waals surface area contributed by atoms with Gasteiger partial charge in [-0.15, -0.1) is 0 Å². The number of hydrogen-bond acceptors (Lipinski definition) is 6. The topological polar surface area (TPSA) is 141 Å². The van der Waals surface area contributed by atoms with Crippen LogP contribution in [0.2, 0.25) is 0 Å². The van der Waals surface area contributed by atoms with Crippen LogP contribution < -0.4 is 16.2 Å². The van der Waals surface area contributed by atoms with Crippen LogP contribution in [0.25, 0.3) is 0 Å². The molecule has 104 valence electrons. The molecule has 0 spiro atoms. The molecule has 0 atom stereocenters. The Hall–Kier alpha value is -2.68. The first-order chi connectivity index (χ1) is 9.40. The number of nitrogens with one attached hydrogen (secondary N) is 1. The molecule has 0 radical (unpaired) electrons. The second kappa shape index (κ2) is 5.13. The number of nitrogen functional groups attached to an aromatic ring is 1. The van der Waals surface area contributed by atoms with Crippen molar-refractivity contribution in [2.75, 3.05) is 10.5 Å². The van der Waals surface area contributed by atoms with Gasteiger partial charge in [-0.1, -0.05) is 0 Å². The lowest BCUT2D eigenvalue weighted by atomic mass is 10.2. The van der Waals surface area contributed by atoms with Gasteiger partial charge < -0.3 is 11.5 Å². The maximum atomic E-state index is 12.1. The number of anilines is 2. The Kier molecular flexibility index (Phi) is 3.53. The van der Waals surface area contributed by atoms with Crippen molar-refractivity contribution >= 4 is 27.4 Å². The predicted molar refractivity (Wildman–Crippen MR) is 72.2 cm³/mol. The fourth-order valence-corrected chi connectivity index (χ4v) is 2.60. The second-order valence-corrected chi connectivity index (χ2v) is 5.46. The van der Waals surface area contributed by atoms with Gasteiger partial charge in [0.25, 0.3) is 10.0 Å². The van der Waals surface area contributed by atoms with Crippen molar-refractivity contribution in [3.63, 3.8) is 0 Å². The molecule has 5 N–H and O–H groups in total. The van der Waals surface area contributed by atoms with Crippen LogP contribution in [0.15, 0.2) is 41.7 Å². The summed E-state index contributed by atoms with van der Waals surface area (Å²) in [5.74, 6) is -0.631. The first-order valence-electron chi connectivity index (χ1n) is 5.38. The van der Waals surface area contributed by atoms with E-state index in [1.54, 1.807) is 0 Å². The van der Waals surface area contributed by atoms with E-state index >= 15 is 0 Å². The number of hydrogen-bond donors (Lipinski definition) is 3. The van der Waals surface area contributed by atoms with Crippen molar-refractivity contribution in [2.24, 2.45) is 5.73 Å². The zero-order chi connectivity index (χ0) is 14.8. The smallest absolute Gasteiger partial charge is 0.265 e. The van der Waals surface area contributed by atoms with Gasteiger partial charge in [0.1, 0.15) is 4.90 Å². The Labute approximate surface area is 114 Å². The Morgan fingerprint density at radius 2 is 2.00 bits per heavy atom. The molecule has 0 bridgehead atoms. The standard InChI is InChI=1S/C11H11N5O3S/c12-8-5-7(11(13)17)1-2-9(8)20(18,19)16-10-6-14-3-4-15-10/h1-6H,12H2,(H2,13,17)(H,15,16). The van der Waals surface area contributed by atoms with E-state index in [9.17, 15) is 13.2 Å². The summed E-state index contributed by atoms with van der Waals surface area (Å²) in [7, 11) is -3.92. The number of primary amides is 1. The fraction of sp³-hybridized carbons (Fsp3) is 0. The fourth-order valence-electron chi connectivity index (χ4n) is 1.49. The highest BCUT2D eigenvalue weighted by atomic mass is 32.2. The number of nitrogens with zero attached hydrogens (tertiary/aromatic N) is 2. The molecule has 0 aliphatic heterocycles. The summed E-state index contributed by atoms with van der Waals surface area (Å²) in [6, 6.07) is 3.69. The molecule has 0 saturated heterocycles.